The normalized spacial score (nSPS) is 22.4. The minimum absolute atomic E-state index is 0.0501. The Labute approximate surface area is 201 Å². The van der Waals surface area contributed by atoms with Gasteiger partial charge in [-0.15, -0.1) is 0 Å². The van der Waals surface area contributed by atoms with Gasteiger partial charge in [0.15, 0.2) is 0 Å². The summed E-state index contributed by atoms with van der Waals surface area (Å²) in [5.74, 6) is 1.16. The number of carbonyl (C=O) groups excluding carboxylic acids is 1. The average Bonchev–Trinajstić information content (AvgIpc) is 2.85. The number of ether oxygens (including phenoxy) is 3. The molecule has 4 rings (SSSR count). The van der Waals surface area contributed by atoms with Gasteiger partial charge in [0.25, 0.3) is 5.91 Å². The van der Waals surface area contributed by atoms with Gasteiger partial charge in [-0.2, -0.15) is 0 Å². The maximum Gasteiger partial charge on any atom is 0.254 e. The Kier molecular flexibility index (Phi) is 8.40. The van der Waals surface area contributed by atoms with Crippen LogP contribution >= 0.6 is 0 Å². The van der Waals surface area contributed by atoms with Crippen molar-refractivity contribution in [3.8, 4) is 11.5 Å². The lowest BCUT2D eigenvalue weighted by molar-refractivity contribution is -0.0156. The summed E-state index contributed by atoms with van der Waals surface area (Å²) in [5.41, 5.74) is 1.48. The predicted molar refractivity (Wildman–Crippen MR) is 129 cm³/mol. The smallest absolute Gasteiger partial charge is 0.254 e. The van der Waals surface area contributed by atoms with Gasteiger partial charge in [-0.3, -0.25) is 9.69 Å². The van der Waals surface area contributed by atoms with E-state index in [2.05, 4.69) is 4.90 Å². The van der Waals surface area contributed by atoms with Crippen molar-refractivity contribution in [3.05, 3.63) is 59.4 Å². The summed E-state index contributed by atoms with van der Waals surface area (Å²) in [6.45, 7) is 3.35. The van der Waals surface area contributed by atoms with Gasteiger partial charge in [0.1, 0.15) is 23.9 Å². The highest BCUT2D eigenvalue weighted by molar-refractivity contribution is 5.95. The van der Waals surface area contributed by atoms with Crippen molar-refractivity contribution in [1.82, 2.24) is 9.80 Å². The Morgan fingerprint density at radius 3 is 2.74 bits per heavy atom. The molecule has 6 nitrogen and oxygen atoms in total. The van der Waals surface area contributed by atoms with Crippen LogP contribution < -0.4 is 9.47 Å². The number of hydrogen-bond acceptors (Lipinski definition) is 5. The number of methoxy groups -OCH3 is 2. The van der Waals surface area contributed by atoms with Gasteiger partial charge in [-0.05, 0) is 68.6 Å². The van der Waals surface area contributed by atoms with E-state index in [4.69, 9.17) is 14.2 Å². The molecule has 2 atom stereocenters. The van der Waals surface area contributed by atoms with E-state index in [0.29, 0.717) is 36.8 Å². The molecule has 0 spiro atoms. The lowest BCUT2D eigenvalue weighted by Crippen LogP contribution is -2.51. The molecule has 0 radical (unpaired) electrons. The number of benzene rings is 2. The highest BCUT2D eigenvalue weighted by Gasteiger charge is 2.34. The van der Waals surface area contributed by atoms with E-state index in [9.17, 15) is 9.18 Å². The van der Waals surface area contributed by atoms with Crippen molar-refractivity contribution in [2.45, 2.75) is 50.8 Å². The number of fused-ring (bicyclic) bond motifs is 3. The van der Waals surface area contributed by atoms with Crippen molar-refractivity contribution in [2.24, 2.45) is 0 Å². The number of hydrogen-bond donors (Lipinski definition) is 0. The minimum atomic E-state index is -0.265. The highest BCUT2D eigenvalue weighted by Crippen LogP contribution is 2.28. The fourth-order valence-electron chi connectivity index (χ4n) is 5.14. The van der Waals surface area contributed by atoms with Crippen LogP contribution in [0.4, 0.5) is 4.39 Å². The first-order chi connectivity index (χ1) is 16.6. The summed E-state index contributed by atoms with van der Waals surface area (Å²) in [6.07, 6.45) is 4.82. The van der Waals surface area contributed by atoms with Crippen LogP contribution in [-0.2, 0) is 11.3 Å². The van der Waals surface area contributed by atoms with Crippen LogP contribution in [0.25, 0.3) is 0 Å². The van der Waals surface area contributed by atoms with Crippen LogP contribution in [0.2, 0.25) is 0 Å². The van der Waals surface area contributed by atoms with Crippen molar-refractivity contribution < 1.29 is 23.4 Å². The molecule has 2 aromatic carbocycles. The third kappa shape index (κ3) is 5.88. The number of rotatable bonds is 4. The zero-order valence-electron chi connectivity index (χ0n) is 20.2. The second-order valence-electron chi connectivity index (χ2n) is 9.09. The van der Waals surface area contributed by atoms with Gasteiger partial charge in [-0.1, -0.05) is 12.5 Å². The number of nitrogens with zero attached hydrogens (tertiary/aromatic N) is 2. The van der Waals surface area contributed by atoms with Crippen molar-refractivity contribution in [3.63, 3.8) is 0 Å². The molecule has 0 unspecified atom stereocenters. The second-order valence-corrected chi connectivity index (χ2v) is 9.09. The maximum absolute atomic E-state index is 13.9. The number of amides is 1. The van der Waals surface area contributed by atoms with E-state index in [0.717, 1.165) is 50.8 Å². The van der Waals surface area contributed by atoms with Crippen LogP contribution in [0.5, 0.6) is 11.5 Å². The van der Waals surface area contributed by atoms with Crippen LogP contribution in [0, 0.1) is 5.82 Å². The molecule has 7 heteroatoms. The van der Waals surface area contributed by atoms with Gasteiger partial charge in [-0.25, -0.2) is 4.39 Å². The molecule has 2 aromatic rings. The molecule has 1 saturated heterocycles. The van der Waals surface area contributed by atoms with Crippen molar-refractivity contribution in [1.29, 1.82) is 0 Å². The molecule has 0 saturated carbocycles. The monoisotopic (exact) mass is 470 g/mol. The zero-order chi connectivity index (χ0) is 23.9. The Bertz CT molecular complexity index is 969. The predicted octanol–water partition coefficient (Wildman–Crippen LogP) is 4.52. The first-order valence-electron chi connectivity index (χ1n) is 12.2. The highest BCUT2D eigenvalue weighted by atomic mass is 19.1. The molecule has 2 bridgehead atoms. The van der Waals surface area contributed by atoms with Crippen LogP contribution in [0.1, 0.15) is 48.0 Å². The zero-order valence-corrected chi connectivity index (χ0v) is 20.2. The van der Waals surface area contributed by atoms with Gasteiger partial charge in [0.2, 0.25) is 0 Å². The first kappa shape index (κ1) is 24.5. The molecule has 1 amide bonds. The van der Waals surface area contributed by atoms with E-state index in [1.54, 1.807) is 26.4 Å². The van der Waals surface area contributed by atoms with Crippen molar-refractivity contribution >= 4 is 5.91 Å². The average molecular weight is 471 g/mol. The van der Waals surface area contributed by atoms with E-state index < -0.39 is 0 Å². The first-order valence-corrected chi connectivity index (χ1v) is 12.2. The van der Waals surface area contributed by atoms with Crippen LogP contribution in [0.3, 0.4) is 0 Å². The van der Waals surface area contributed by atoms with Gasteiger partial charge in [0, 0.05) is 37.9 Å². The number of halogens is 1. The fraction of sp³-hybridized carbons (Fsp3) is 0.519. The summed E-state index contributed by atoms with van der Waals surface area (Å²) < 4.78 is 31.2. The van der Waals surface area contributed by atoms with Crippen LogP contribution in [-0.4, -0.2) is 68.3 Å². The molecular weight excluding hydrogens is 435 g/mol. The summed E-state index contributed by atoms with van der Waals surface area (Å²) in [5, 5.41) is 0. The van der Waals surface area contributed by atoms with Gasteiger partial charge in [0.05, 0.1) is 19.3 Å². The third-order valence-corrected chi connectivity index (χ3v) is 6.90. The van der Waals surface area contributed by atoms with E-state index in [-0.39, 0.29) is 23.9 Å². The molecule has 2 heterocycles. The molecule has 0 aromatic heterocycles. The molecule has 2 aliphatic rings. The molecule has 0 N–H and O–H groups in total. The van der Waals surface area contributed by atoms with E-state index in [1.165, 1.54) is 6.07 Å². The molecular formula is C27H35FN2O4. The molecule has 34 heavy (non-hydrogen) atoms. The lowest BCUT2D eigenvalue weighted by atomic mass is 9.93. The summed E-state index contributed by atoms with van der Waals surface area (Å²) in [7, 11) is 3.35. The SMILES string of the molecule is COc1ccc(F)cc1CN1CCCC[C@@H]2[C@H](OC)CCCN2C(=O)c2cccc(c2)OCC1. The number of carbonyl (C=O) groups is 1. The van der Waals surface area contributed by atoms with Crippen molar-refractivity contribution in [2.75, 3.05) is 40.5 Å². The van der Waals surface area contributed by atoms with E-state index >= 15 is 0 Å². The number of piperidine rings is 1. The van der Waals surface area contributed by atoms with Gasteiger partial charge >= 0.3 is 0 Å². The molecule has 1 fully saturated rings. The molecule has 0 aliphatic carbocycles. The Balaban J connectivity index is 1.55. The quantitative estimate of drug-likeness (QED) is 0.658. The molecule has 2 aliphatic heterocycles. The minimum Gasteiger partial charge on any atom is -0.496 e. The van der Waals surface area contributed by atoms with E-state index in [1.807, 2.05) is 29.2 Å². The maximum atomic E-state index is 13.9. The fourth-order valence-corrected chi connectivity index (χ4v) is 5.14. The lowest BCUT2D eigenvalue weighted by Gasteiger charge is -2.41. The topological polar surface area (TPSA) is 51.2 Å². The largest absolute Gasteiger partial charge is 0.496 e. The molecule has 184 valence electrons. The standard InChI is InChI=1S/C27H35FN2O4/c1-32-25-12-11-22(28)17-21(25)19-29-13-4-3-9-24-26(33-2)10-6-14-30(24)27(31)20-7-5-8-23(18-20)34-16-15-29/h5,7-8,11-12,17-18,24,26H,3-4,6,9-10,13-16,19H2,1-2H3/t24-,26-/m1/s1. The third-order valence-electron chi connectivity index (χ3n) is 6.90. The van der Waals surface area contributed by atoms with Gasteiger partial charge < -0.3 is 19.1 Å². The second kappa shape index (κ2) is 11.7. The summed E-state index contributed by atoms with van der Waals surface area (Å²) in [4.78, 5) is 17.7. The Morgan fingerprint density at radius 2 is 1.91 bits per heavy atom. The Hall–Kier alpha value is -2.64. The summed E-state index contributed by atoms with van der Waals surface area (Å²) >= 11 is 0. The van der Waals surface area contributed by atoms with Crippen LogP contribution in [0.15, 0.2) is 42.5 Å². The Morgan fingerprint density at radius 1 is 1.03 bits per heavy atom. The summed E-state index contributed by atoms with van der Waals surface area (Å²) in [6, 6.07) is 12.2.